The maximum absolute atomic E-state index is 13.5. The number of rotatable bonds is 4. The second-order valence-corrected chi connectivity index (χ2v) is 8.86. The number of halogens is 1. The Kier molecular flexibility index (Phi) is 5.90. The van der Waals surface area contributed by atoms with Crippen molar-refractivity contribution in [1.29, 1.82) is 0 Å². The van der Waals surface area contributed by atoms with Crippen molar-refractivity contribution in [1.82, 2.24) is 14.8 Å². The molecule has 170 valence electrons. The SMILES string of the molecule is CSc1nc2n(n1)C(c1ccc3c(c1)OCCCO3)C(C(=O)Nc1cccc(Cl)c1)=C(C)N2. The first kappa shape index (κ1) is 21.7. The first-order valence-electron chi connectivity index (χ1n) is 10.5. The molecule has 0 radical (unpaired) electrons. The van der Waals surface area contributed by atoms with Crippen molar-refractivity contribution in [3.63, 3.8) is 0 Å². The lowest BCUT2D eigenvalue weighted by molar-refractivity contribution is -0.113. The number of ether oxygens (including phenoxy) is 2. The highest BCUT2D eigenvalue weighted by molar-refractivity contribution is 7.98. The monoisotopic (exact) mass is 483 g/mol. The van der Waals surface area contributed by atoms with Crippen molar-refractivity contribution < 1.29 is 14.3 Å². The van der Waals surface area contributed by atoms with Gasteiger partial charge in [0, 0.05) is 22.8 Å². The lowest BCUT2D eigenvalue weighted by Gasteiger charge is -2.29. The van der Waals surface area contributed by atoms with Crippen LogP contribution in [0.15, 0.2) is 58.9 Å². The number of benzene rings is 2. The fourth-order valence-corrected chi connectivity index (χ4v) is 4.47. The number of hydrogen-bond acceptors (Lipinski definition) is 7. The highest BCUT2D eigenvalue weighted by Gasteiger charge is 2.35. The molecule has 3 heterocycles. The molecule has 0 fully saturated rings. The lowest BCUT2D eigenvalue weighted by atomic mass is 9.94. The summed E-state index contributed by atoms with van der Waals surface area (Å²) in [5, 5.41) is 12.0. The highest BCUT2D eigenvalue weighted by atomic mass is 35.5. The second kappa shape index (κ2) is 8.99. The molecule has 5 rings (SSSR count). The summed E-state index contributed by atoms with van der Waals surface area (Å²) in [6.45, 7) is 3.04. The maximum atomic E-state index is 13.5. The molecular formula is C23H22ClN5O3S. The summed E-state index contributed by atoms with van der Waals surface area (Å²) >= 11 is 7.55. The van der Waals surface area contributed by atoms with Crippen LogP contribution in [0.1, 0.15) is 24.9 Å². The number of nitrogens with zero attached hydrogens (tertiary/aromatic N) is 3. The van der Waals surface area contributed by atoms with Gasteiger partial charge in [-0.15, -0.1) is 5.10 Å². The highest BCUT2D eigenvalue weighted by Crippen LogP contribution is 2.40. The van der Waals surface area contributed by atoms with Crippen LogP contribution in [0.25, 0.3) is 0 Å². The number of anilines is 2. The molecule has 1 unspecified atom stereocenters. The zero-order valence-electron chi connectivity index (χ0n) is 18.1. The van der Waals surface area contributed by atoms with Crippen LogP contribution in [0, 0.1) is 0 Å². The van der Waals surface area contributed by atoms with E-state index in [4.69, 9.17) is 21.1 Å². The van der Waals surface area contributed by atoms with E-state index in [-0.39, 0.29) is 5.91 Å². The van der Waals surface area contributed by atoms with Gasteiger partial charge in [-0.2, -0.15) is 4.98 Å². The van der Waals surface area contributed by atoms with Crippen molar-refractivity contribution in [2.24, 2.45) is 0 Å². The Hall–Kier alpha value is -3.17. The molecular weight excluding hydrogens is 462 g/mol. The molecule has 10 heteroatoms. The Morgan fingerprint density at radius 1 is 1.21 bits per heavy atom. The third-order valence-electron chi connectivity index (χ3n) is 5.43. The number of fused-ring (bicyclic) bond motifs is 2. The maximum Gasteiger partial charge on any atom is 0.255 e. The van der Waals surface area contributed by atoms with Gasteiger partial charge in [-0.05, 0) is 49.1 Å². The number of nitrogens with one attached hydrogen (secondary N) is 2. The van der Waals surface area contributed by atoms with E-state index in [9.17, 15) is 4.79 Å². The van der Waals surface area contributed by atoms with Crippen LogP contribution in [0.3, 0.4) is 0 Å². The summed E-state index contributed by atoms with van der Waals surface area (Å²) in [4.78, 5) is 18.1. The van der Waals surface area contributed by atoms with Gasteiger partial charge in [0.1, 0.15) is 6.04 Å². The predicted octanol–water partition coefficient (Wildman–Crippen LogP) is 4.74. The summed E-state index contributed by atoms with van der Waals surface area (Å²) in [5.74, 6) is 1.67. The first-order valence-corrected chi connectivity index (χ1v) is 12.1. The number of carbonyl (C=O) groups excluding carboxylic acids is 1. The molecule has 2 aliphatic heterocycles. The van der Waals surface area contributed by atoms with E-state index in [0.29, 0.717) is 57.8 Å². The minimum atomic E-state index is -0.508. The van der Waals surface area contributed by atoms with Crippen LogP contribution in [0.4, 0.5) is 11.6 Å². The van der Waals surface area contributed by atoms with Gasteiger partial charge in [-0.3, -0.25) is 4.79 Å². The Balaban J connectivity index is 1.59. The van der Waals surface area contributed by atoms with E-state index < -0.39 is 6.04 Å². The van der Waals surface area contributed by atoms with E-state index >= 15 is 0 Å². The molecule has 2 aliphatic rings. The average Bonchev–Trinajstić information content (AvgIpc) is 3.06. The Labute approximate surface area is 200 Å². The van der Waals surface area contributed by atoms with E-state index in [0.717, 1.165) is 12.0 Å². The predicted molar refractivity (Wildman–Crippen MR) is 128 cm³/mol. The zero-order chi connectivity index (χ0) is 22.9. The molecule has 2 aromatic carbocycles. The van der Waals surface area contributed by atoms with E-state index in [1.165, 1.54) is 11.8 Å². The number of thioether (sulfide) groups is 1. The van der Waals surface area contributed by atoms with Gasteiger partial charge in [0.15, 0.2) is 11.5 Å². The van der Waals surface area contributed by atoms with Crippen LogP contribution in [-0.2, 0) is 4.79 Å². The summed E-state index contributed by atoms with van der Waals surface area (Å²) in [6.07, 6.45) is 2.73. The summed E-state index contributed by atoms with van der Waals surface area (Å²) < 4.78 is 13.4. The molecule has 2 N–H and O–H groups in total. The summed E-state index contributed by atoms with van der Waals surface area (Å²) in [6, 6.07) is 12.3. The van der Waals surface area contributed by atoms with Crippen LogP contribution in [0.2, 0.25) is 5.02 Å². The third-order valence-corrected chi connectivity index (χ3v) is 6.20. The molecule has 3 aromatic rings. The minimum Gasteiger partial charge on any atom is -0.490 e. The molecule has 1 amide bonds. The summed E-state index contributed by atoms with van der Waals surface area (Å²) in [5.41, 5.74) is 2.67. The summed E-state index contributed by atoms with van der Waals surface area (Å²) in [7, 11) is 0. The van der Waals surface area contributed by atoms with Gasteiger partial charge < -0.3 is 20.1 Å². The fraction of sp³-hybridized carbons (Fsp3) is 0.261. The third kappa shape index (κ3) is 4.26. The van der Waals surface area contributed by atoms with Gasteiger partial charge in [-0.25, -0.2) is 4.68 Å². The van der Waals surface area contributed by atoms with Crippen LogP contribution < -0.4 is 20.1 Å². The molecule has 1 aromatic heterocycles. The molecule has 0 aliphatic carbocycles. The Morgan fingerprint density at radius 2 is 2.03 bits per heavy atom. The average molecular weight is 484 g/mol. The lowest BCUT2D eigenvalue weighted by Crippen LogP contribution is -2.31. The van der Waals surface area contributed by atoms with E-state index in [2.05, 4.69) is 20.7 Å². The van der Waals surface area contributed by atoms with Crippen molar-refractivity contribution in [2.75, 3.05) is 30.1 Å². The van der Waals surface area contributed by atoms with Gasteiger partial charge in [0.2, 0.25) is 11.1 Å². The van der Waals surface area contributed by atoms with E-state index in [1.54, 1.807) is 28.9 Å². The molecule has 0 saturated heterocycles. The Bertz CT molecular complexity index is 1260. The normalized spacial score (nSPS) is 17.1. The largest absolute Gasteiger partial charge is 0.490 e. The minimum absolute atomic E-state index is 0.258. The number of allylic oxidation sites excluding steroid dienone is 1. The fourth-order valence-electron chi connectivity index (χ4n) is 3.93. The number of carbonyl (C=O) groups is 1. The molecule has 0 saturated carbocycles. The van der Waals surface area contributed by atoms with E-state index in [1.807, 2.05) is 31.4 Å². The zero-order valence-corrected chi connectivity index (χ0v) is 19.7. The van der Waals surface area contributed by atoms with Crippen LogP contribution in [-0.4, -0.2) is 40.1 Å². The molecule has 0 bridgehead atoms. The van der Waals surface area contributed by atoms with Crippen molar-refractivity contribution >= 4 is 40.9 Å². The smallest absolute Gasteiger partial charge is 0.255 e. The second-order valence-electron chi connectivity index (χ2n) is 7.65. The topological polar surface area (TPSA) is 90.3 Å². The standard InChI is InChI=1S/C23H22ClN5O3S/c1-13-19(21(30)26-16-6-3-5-15(24)12-16)20(29-22(25-13)27-23(28-29)33-2)14-7-8-17-18(11-14)32-10-4-9-31-17/h3,5-8,11-12,20H,4,9-10H2,1-2H3,(H,26,30)(H,25,27,28). The number of aromatic nitrogens is 3. The number of hydrogen-bond donors (Lipinski definition) is 2. The van der Waals surface area contributed by atoms with Crippen molar-refractivity contribution in [2.45, 2.75) is 24.5 Å². The van der Waals surface area contributed by atoms with Gasteiger partial charge in [-0.1, -0.05) is 35.5 Å². The first-order chi connectivity index (χ1) is 16.0. The van der Waals surface area contributed by atoms with Gasteiger partial charge in [0.25, 0.3) is 5.91 Å². The molecule has 8 nitrogen and oxygen atoms in total. The Morgan fingerprint density at radius 3 is 2.82 bits per heavy atom. The van der Waals surface area contributed by atoms with Gasteiger partial charge in [0.05, 0.1) is 18.8 Å². The van der Waals surface area contributed by atoms with Gasteiger partial charge >= 0.3 is 0 Å². The van der Waals surface area contributed by atoms with Crippen LogP contribution >= 0.6 is 23.4 Å². The molecule has 1 atom stereocenters. The quantitative estimate of drug-likeness (QED) is 0.518. The van der Waals surface area contributed by atoms with Crippen molar-refractivity contribution in [3.8, 4) is 11.5 Å². The number of amides is 1. The molecule has 0 spiro atoms. The van der Waals surface area contributed by atoms with Crippen LogP contribution in [0.5, 0.6) is 11.5 Å². The van der Waals surface area contributed by atoms with Crippen molar-refractivity contribution in [3.05, 3.63) is 64.3 Å². The molecule has 33 heavy (non-hydrogen) atoms.